The summed E-state index contributed by atoms with van der Waals surface area (Å²) in [7, 11) is 0. The quantitative estimate of drug-likeness (QED) is 0.536. The smallest absolute Gasteiger partial charge is 0.0462 e. The van der Waals surface area contributed by atoms with Crippen molar-refractivity contribution in [3.8, 4) is 0 Å². The van der Waals surface area contributed by atoms with Gasteiger partial charge in [0, 0.05) is 12.6 Å². The number of hydrogen-bond acceptors (Lipinski definition) is 2. The Kier molecular flexibility index (Phi) is 2.09. The Morgan fingerprint density at radius 2 is 2.22 bits per heavy atom. The fraction of sp³-hybridized carbons (Fsp3) is 1.00. The minimum absolute atomic E-state index is 0.314. The Balaban J connectivity index is 2.38. The first-order valence-electron chi connectivity index (χ1n) is 3.60. The van der Waals surface area contributed by atoms with Gasteiger partial charge in [-0.15, -0.1) is 0 Å². The Morgan fingerprint density at radius 3 is 2.44 bits per heavy atom. The molecule has 1 saturated carbocycles. The molecule has 2 nitrogen and oxygen atoms in total. The summed E-state index contributed by atoms with van der Waals surface area (Å²) in [6, 6.07) is 0.345. The third kappa shape index (κ3) is 1.43. The van der Waals surface area contributed by atoms with Crippen LogP contribution in [0.3, 0.4) is 0 Å². The van der Waals surface area contributed by atoms with Gasteiger partial charge < -0.3 is 10.8 Å². The van der Waals surface area contributed by atoms with Crippen molar-refractivity contribution in [3.63, 3.8) is 0 Å². The van der Waals surface area contributed by atoms with E-state index in [2.05, 4.69) is 6.92 Å². The molecule has 2 heteroatoms. The van der Waals surface area contributed by atoms with Gasteiger partial charge in [-0.2, -0.15) is 0 Å². The van der Waals surface area contributed by atoms with Crippen LogP contribution in [-0.2, 0) is 0 Å². The van der Waals surface area contributed by atoms with Gasteiger partial charge in [-0.25, -0.2) is 0 Å². The fourth-order valence-electron chi connectivity index (χ4n) is 1.64. The van der Waals surface area contributed by atoms with E-state index in [4.69, 9.17) is 10.8 Å². The topological polar surface area (TPSA) is 46.2 Å². The lowest BCUT2D eigenvalue weighted by Gasteiger charge is -2.09. The minimum atomic E-state index is 0.314. The molecular formula is C7H15NO. The summed E-state index contributed by atoms with van der Waals surface area (Å²) in [6.07, 6.45) is 2.10. The minimum Gasteiger partial charge on any atom is -0.396 e. The summed E-state index contributed by atoms with van der Waals surface area (Å²) >= 11 is 0. The van der Waals surface area contributed by atoms with Crippen LogP contribution in [0.2, 0.25) is 0 Å². The zero-order valence-electron chi connectivity index (χ0n) is 5.88. The van der Waals surface area contributed by atoms with Crippen molar-refractivity contribution >= 4 is 0 Å². The molecule has 1 rings (SSSR count). The first-order valence-corrected chi connectivity index (χ1v) is 3.60. The van der Waals surface area contributed by atoms with Crippen molar-refractivity contribution in [3.05, 3.63) is 0 Å². The van der Waals surface area contributed by atoms with Gasteiger partial charge in [-0.1, -0.05) is 6.92 Å². The van der Waals surface area contributed by atoms with E-state index in [0.717, 1.165) is 12.8 Å². The van der Waals surface area contributed by atoms with Crippen molar-refractivity contribution in [1.82, 2.24) is 0 Å². The molecule has 9 heavy (non-hydrogen) atoms. The lowest BCUT2D eigenvalue weighted by Crippen LogP contribution is -2.15. The number of aliphatic hydroxyl groups excluding tert-OH is 1. The van der Waals surface area contributed by atoms with Crippen LogP contribution in [0.5, 0.6) is 0 Å². The summed E-state index contributed by atoms with van der Waals surface area (Å²) in [5, 5.41) is 8.80. The summed E-state index contributed by atoms with van der Waals surface area (Å²) in [4.78, 5) is 0. The maximum Gasteiger partial charge on any atom is 0.0462 e. The first kappa shape index (κ1) is 7.03. The fourth-order valence-corrected chi connectivity index (χ4v) is 1.64. The van der Waals surface area contributed by atoms with Gasteiger partial charge in [0.15, 0.2) is 0 Å². The van der Waals surface area contributed by atoms with Crippen LogP contribution in [0, 0.1) is 11.8 Å². The van der Waals surface area contributed by atoms with Crippen molar-refractivity contribution in [1.29, 1.82) is 0 Å². The Labute approximate surface area is 56.1 Å². The molecule has 0 spiro atoms. The highest BCUT2D eigenvalue weighted by molar-refractivity contribution is 4.82. The van der Waals surface area contributed by atoms with Crippen molar-refractivity contribution in [2.24, 2.45) is 17.6 Å². The zero-order valence-corrected chi connectivity index (χ0v) is 5.88. The second kappa shape index (κ2) is 2.67. The second-order valence-electron chi connectivity index (χ2n) is 3.15. The number of aliphatic hydroxyl groups is 1. The van der Waals surface area contributed by atoms with Crippen molar-refractivity contribution in [2.75, 3.05) is 6.61 Å². The van der Waals surface area contributed by atoms with Gasteiger partial charge in [0.2, 0.25) is 0 Å². The Bertz CT molecular complexity index is 94.9. The van der Waals surface area contributed by atoms with Crippen LogP contribution in [0.4, 0.5) is 0 Å². The molecular weight excluding hydrogens is 114 g/mol. The van der Waals surface area contributed by atoms with E-state index < -0.39 is 0 Å². The molecule has 0 aromatic rings. The molecule has 0 bridgehead atoms. The van der Waals surface area contributed by atoms with E-state index in [1.807, 2.05) is 0 Å². The van der Waals surface area contributed by atoms with Gasteiger partial charge in [0.25, 0.3) is 0 Å². The maximum absolute atomic E-state index is 8.80. The van der Waals surface area contributed by atoms with Gasteiger partial charge in [-0.3, -0.25) is 0 Å². The largest absolute Gasteiger partial charge is 0.396 e. The van der Waals surface area contributed by atoms with Crippen LogP contribution in [-0.4, -0.2) is 17.8 Å². The van der Waals surface area contributed by atoms with Crippen molar-refractivity contribution in [2.45, 2.75) is 25.8 Å². The normalized spacial score (nSPS) is 43.7. The standard InChI is InChI=1S/C7H15NO/c1-5-2-7(8)3-6(5)4-9/h5-7,9H,2-4,8H2,1H3/t5-,6+,7?/m0/s1. The van der Waals surface area contributed by atoms with Crippen LogP contribution < -0.4 is 5.73 Å². The molecule has 0 saturated heterocycles. The van der Waals surface area contributed by atoms with Crippen LogP contribution >= 0.6 is 0 Å². The van der Waals surface area contributed by atoms with E-state index in [0.29, 0.717) is 24.5 Å². The lowest BCUT2D eigenvalue weighted by molar-refractivity contribution is 0.201. The number of rotatable bonds is 1. The van der Waals surface area contributed by atoms with E-state index in [-0.39, 0.29) is 0 Å². The summed E-state index contributed by atoms with van der Waals surface area (Å²) in [5.74, 6) is 1.10. The molecule has 3 atom stereocenters. The second-order valence-corrected chi connectivity index (χ2v) is 3.15. The molecule has 0 heterocycles. The molecule has 1 unspecified atom stereocenters. The summed E-state index contributed by atoms with van der Waals surface area (Å²) < 4.78 is 0. The maximum atomic E-state index is 8.80. The third-order valence-corrected chi connectivity index (χ3v) is 2.32. The lowest BCUT2D eigenvalue weighted by atomic mass is 10.00. The predicted molar refractivity (Wildman–Crippen MR) is 36.9 cm³/mol. The van der Waals surface area contributed by atoms with Gasteiger partial charge in [-0.05, 0) is 24.7 Å². The molecule has 3 N–H and O–H groups in total. The van der Waals surface area contributed by atoms with E-state index in [1.54, 1.807) is 0 Å². The van der Waals surface area contributed by atoms with Crippen molar-refractivity contribution < 1.29 is 5.11 Å². The monoisotopic (exact) mass is 129 g/mol. The molecule has 0 aromatic heterocycles. The first-order chi connectivity index (χ1) is 4.24. The van der Waals surface area contributed by atoms with E-state index in [9.17, 15) is 0 Å². The summed E-state index contributed by atoms with van der Waals surface area (Å²) in [6.45, 7) is 2.47. The average Bonchev–Trinajstić information content (AvgIpc) is 2.10. The molecule has 1 aliphatic carbocycles. The number of nitrogens with two attached hydrogens (primary N) is 1. The highest BCUT2D eigenvalue weighted by atomic mass is 16.3. The molecule has 54 valence electrons. The van der Waals surface area contributed by atoms with Gasteiger partial charge in [0.05, 0.1) is 0 Å². The molecule has 0 radical (unpaired) electrons. The zero-order chi connectivity index (χ0) is 6.85. The molecule has 0 amide bonds. The molecule has 0 aliphatic heterocycles. The van der Waals surface area contributed by atoms with Crippen LogP contribution in [0.25, 0.3) is 0 Å². The van der Waals surface area contributed by atoms with Gasteiger partial charge >= 0.3 is 0 Å². The molecule has 0 aromatic carbocycles. The van der Waals surface area contributed by atoms with Crippen LogP contribution in [0.1, 0.15) is 19.8 Å². The van der Waals surface area contributed by atoms with Crippen LogP contribution in [0.15, 0.2) is 0 Å². The van der Waals surface area contributed by atoms with E-state index in [1.165, 1.54) is 0 Å². The Hall–Kier alpha value is -0.0800. The molecule has 1 fully saturated rings. The SMILES string of the molecule is C[C@H]1CC(N)C[C@@H]1CO. The number of hydrogen-bond donors (Lipinski definition) is 2. The highest BCUT2D eigenvalue weighted by Crippen LogP contribution is 2.29. The van der Waals surface area contributed by atoms with Gasteiger partial charge in [0.1, 0.15) is 0 Å². The average molecular weight is 129 g/mol. The summed E-state index contributed by atoms with van der Waals surface area (Å²) in [5.41, 5.74) is 5.68. The third-order valence-electron chi connectivity index (χ3n) is 2.32. The molecule has 1 aliphatic rings. The van der Waals surface area contributed by atoms with E-state index >= 15 is 0 Å². The highest BCUT2D eigenvalue weighted by Gasteiger charge is 2.27. The Morgan fingerprint density at radius 1 is 1.56 bits per heavy atom. The predicted octanol–water partition coefficient (Wildman–Crippen LogP) is 0.352.